The SMILES string of the molecule is O=C1CCC(Nc2ccc3c(c2)C=CC2(CCNCC2)O3)C(=O)N1. The van der Waals surface area contributed by atoms with E-state index >= 15 is 0 Å². The Hall–Kier alpha value is -2.34. The third kappa shape index (κ3) is 2.89. The van der Waals surface area contributed by atoms with E-state index < -0.39 is 0 Å². The largest absolute Gasteiger partial charge is 0.482 e. The van der Waals surface area contributed by atoms with Crippen molar-refractivity contribution in [3.05, 3.63) is 29.8 Å². The maximum Gasteiger partial charge on any atom is 0.249 e. The van der Waals surface area contributed by atoms with E-state index in [1.807, 2.05) is 18.2 Å². The number of benzene rings is 1. The second-order valence-corrected chi connectivity index (χ2v) is 6.65. The molecule has 1 spiro atoms. The first-order valence-corrected chi connectivity index (χ1v) is 8.47. The molecule has 2 fully saturated rings. The Kier molecular flexibility index (Phi) is 3.76. The fourth-order valence-corrected chi connectivity index (χ4v) is 3.51. The standard InChI is InChI=1S/C18H21N3O3/c22-16-4-2-14(17(23)21-16)20-13-1-3-15-12(11-13)5-6-18(24-15)7-9-19-10-8-18/h1,3,5-6,11,14,19-20H,2,4,7-10H2,(H,21,22,23). The van der Waals surface area contributed by atoms with Crippen molar-refractivity contribution in [1.82, 2.24) is 10.6 Å². The lowest BCUT2D eigenvalue weighted by molar-refractivity contribution is -0.133. The van der Waals surface area contributed by atoms with Crippen LogP contribution in [0.3, 0.4) is 0 Å². The predicted octanol–water partition coefficient (Wildman–Crippen LogP) is 1.43. The third-order valence-electron chi connectivity index (χ3n) is 4.92. The first kappa shape index (κ1) is 15.2. The number of fused-ring (bicyclic) bond motifs is 1. The summed E-state index contributed by atoms with van der Waals surface area (Å²) < 4.78 is 6.26. The number of nitrogens with one attached hydrogen (secondary N) is 3. The minimum absolute atomic E-state index is 0.184. The second-order valence-electron chi connectivity index (χ2n) is 6.65. The van der Waals surface area contributed by atoms with Crippen LogP contribution < -0.4 is 20.7 Å². The Morgan fingerprint density at radius 2 is 2.04 bits per heavy atom. The lowest BCUT2D eigenvalue weighted by Gasteiger charge is -2.38. The average molecular weight is 327 g/mol. The molecule has 3 N–H and O–H groups in total. The molecule has 0 bridgehead atoms. The fourth-order valence-electron chi connectivity index (χ4n) is 3.51. The van der Waals surface area contributed by atoms with Crippen LogP contribution >= 0.6 is 0 Å². The summed E-state index contributed by atoms with van der Waals surface area (Å²) in [5.41, 5.74) is 1.69. The molecule has 1 atom stereocenters. The quantitative estimate of drug-likeness (QED) is 0.716. The molecular formula is C18H21N3O3. The molecule has 2 amide bonds. The van der Waals surface area contributed by atoms with Gasteiger partial charge in [-0.1, -0.05) is 6.08 Å². The van der Waals surface area contributed by atoms with Gasteiger partial charge in [-0.05, 0) is 43.8 Å². The van der Waals surface area contributed by atoms with E-state index in [0.29, 0.717) is 12.8 Å². The Morgan fingerprint density at radius 3 is 2.83 bits per heavy atom. The van der Waals surface area contributed by atoms with Gasteiger partial charge in [0, 0.05) is 30.5 Å². The average Bonchev–Trinajstić information content (AvgIpc) is 2.58. The van der Waals surface area contributed by atoms with Crippen molar-refractivity contribution < 1.29 is 14.3 Å². The first-order valence-electron chi connectivity index (χ1n) is 8.47. The number of amides is 2. The maximum atomic E-state index is 11.9. The summed E-state index contributed by atoms with van der Waals surface area (Å²) in [7, 11) is 0. The number of ether oxygens (including phenoxy) is 1. The van der Waals surface area contributed by atoms with E-state index in [4.69, 9.17) is 4.74 Å². The van der Waals surface area contributed by atoms with Crippen LogP contribution in [0.5, 0.6) is 5.75 Å². The lowest BCUT2D eigenvalue weighted by atomic mass is 9.89. The zero-order chi connectivity index (χ0) is 16.6. The zero-order valence-electron chi connectivity index (χ0n) is 13.4. The molecule has 1 unspecified atom stereocenters. The highest BCUT2D eigenvalue weighted by molar-refractivity contribution is 6.01. The summed E-state index contributed by atoms with van der Waals surface area (Å²) in [5.74, 6) is 0.421. The van der Waals surface area contributed by atoms with Crippen molar-refractivity contribution in [1.29, 1.82) is 0 Å². The van der Waals surface area contributed by atoms with Gasteiger partial charge in [-0.2, -0.15) is 0 Å². The molecule has 0 saturated carbocycles. The van der Waals surface area contributed by atoms with Crippen molar-refractivity contribution in [2.24, 2.45) is 0 Å². The molecule has 2 saturated heterocycles. The van der Waals surface area contributed by atoms with Gasteiger partial charge in [0.1, 0.15) is 17.4 Å². The number of hydrogen-bond acceptors (Lipinski definition) is 5. The molecule has 3 heterocycles. The molecular weight excluding hydrogens is 306 g/mol. The highest BCUT2D eigenvalue weighted by Gasteiger charge is 2.34. The fraction of sp³-hybridized carbons (Fsp3) is 0.444. The van der Waals surface area contributed by atoms with Gasteiger partial charge >= 0.3 is 0 Å². The van der Waals surface area contributed by atoms with E-state index in [2.05, 4.69) is 28.1 Å². The summed E-state index contributed by atoms with van der Waals surface area (Å²) >= 11 is 0. The summed E-state index contributed by atoms with van der Waals surface area (Å²) in [4.78, 5) is 23.1. The summed E-state index contributed by atoms with van der Waals surface area (Å²) in [5, 5.41) is 8.93. The van der Waals surface area contributed by atoms with Gasteiger partial charge in [0.25, 0.3) is 0 Å². The smallest absolute Gasteiger partial charge is 0.249 e. The maximum absolute atomic E-state index is 11.9. The van der Waals surface area contributed by atoms with E-state index in [0.717, 1.165) is 42.9 Å². The van der Waals surface area contributed by atoms with Crippen LogP contribution in [0, 0.1) is 0 Å². The number of rotatable bonds is 2. The summed E-state index contributed by atoms with van der Waals surface area (Å²) in [6.45, 7) is 1.93. The van der Waals surface area contributed by atoms with Crippen LogP contribution in [0.4, 0.5) is 5.69 Å². The van der Waals surface area contributed by atoms with Crippen LogP contribution in [0.1, 0.15) is 31.2 Å². The predicted molar refractivity (Wildman–Crippen MR) is 90.7 cm³/mol. The first-order chi connectivity index (χ1) is 11.6. The van der Waals surface area contributed by atoms with Crippen molar-refractivity contribution in [2.75, 3.05) is 18.4 Å². The molecule has 1 aromatic rings. The van der Waals surface area contributed by atoms with E-state index in [-0.39, 0.29) is 23.5 Å². The molecule has 3 aliphatic heterocycles. The normalized spacial score (nSPS) is 24.9. The van der Waals surface area contributed by atoms with Crippen LogP contribution in [0.15, 0.2) is 24.3 Å². The van der Waals surface area contributed by atoms with E-state index in [9.17, 15) is 9.59 Å². The van der Waals surface area contributed by atoms with Gasteiger partial charge < -0.3 is 15.4 Å². The van der Waals surface area contributed by atoms with Gasteiger partial charge in [0.05, 0.1) is 0 Å². The summed E-state index contributed by atoms with van der Waals surface area (Å²) in [6, 6.07) is 5.50. The number of carbonyl (C=O) groups excluding carboxylic acids is 2. The monoisotopic (exact) mass is 327 g/mol. The van der Waals surface area contributed by atoms with Crippen LogP contribution in [0.25, 0.3) is 6.08 Å². The molecule has 4 rings (SSSR count). The molecule has 0 radical (unpaired) electrons. The van der Waals surface area contributed by atoms with Crippen molar-refractivity contribution in [3.8, 4) is 5.75 Å². The molecule has 1 aromatic carbocycles. The van der Waals surface area contributed by atoms with Gasteiger partial charge in [-0.25, -0.2) is 0 Å². The number of carbonyl (C=O) groups is 2. The van der Waals surface area contributed by atoms with Crippen LogP contribution in [-0.4, -0.2) is 36.5 Å². The molecule has 126 valence electrons. The lowest BCUT2D eigenvalue weighted by Crippen LogP contribution is -2.47. The Bertz CT molecular complexity index is 707. The van der Waals surface area contributed by atoms with Crippen molar-refractivity contribution in [3.63, 3.8) is 0 Å². The van der Waals surface area contributed by atoms with Gasteiger partial charge in [-0.15, -0.1) is 0 Å². The van der Waals surface area contributed by atoms with Crippen molar-refractivity contribution >= 4 is 23.6 Å². The van der Waals surface area contributed by atoms with Crippen LogP contribution in [0.2, 0.25) is 0 Å². The van der Waals surface area contributed by atoms with Crippen molar-refractivity contribution in [2.45, 2.75) is 37.3 Å². The Balaban J connectivity index is 1.49. The Morgan fingerprint density at radius 1 is 1.21 bits per heavy atom. The number of hydrogen-bond donors (Lipinski definition) is 3. The van der Waals surface area contributed by atoms with Gasteiger partial charge in [0.15, 0.2) is 0 Å². The van der Waals surface area contributed by atoms with Crippen LogP contribution in [-0.2, 0) is 9.59 Å². The minimum atomic E-state index is -0.370. The van der Waals surface area contributed by atoms with Gasteiger partial charge in [-0.3, -0.25) is 14.9 Å². The zero-order valence-corrected chi connectivity index (χ0v) is 13.4. The molecule has 6 heteroatoms. The number of imide groups is 1. The molecule has 0 aromatic heterocycles. The molecule has 0 aliphatic carbocycles. The number of piperidine rings is 2. The Labute approximate surface area is 140 Å². The number of anilines is 1. The minimum Gasteiger partial charge on any atom is -0.482 e. The molecule has 3 aliphatic rings. The highest BCUT2D eigenvalue weighted by Crippen LogP contribution is 2.37. The second kappa shape index (κ2) is 5.94. The molecule has 24 heavy (non-hydrogen) atoms. The molecule has 6 nitrogen and oxygen atoms in total. The van der Waals surface area contributed by atoms with E-state index in [1.54, 1.807) is 0 Å². The topological polar surface area (TPSA) is 79.5 Å². The highest BCUT2D eigenvalue weighted by atomic mass is 16.5. The third-order valence-corrected chi connectivity index (χ3v) is 4.92. The van der Waals surface area contributed by atoms with E-state index in [1.165, 1.54) is 0 Å². The van der Waals surface area contributed by atoms with Gasteiger partial charge in [0.2, 0.25) is 11.8 Å². The summed E-state index contributed by atoms with van der Waals surface area (Å²) in [6.07, 6.45) is 7.10.